The molecule has 24 heavy (non-hydrogen) atoms. The van der Waals surface area contributed by atoms with Gasteiger partial charge in [-0.3, -0.25) is 4.79 Å². The summed E-state index contributed by atoms with van der Waals surface area (Å²) in [6.45, 7) is 4.10. The maximum absolute atomic E-state index is 12.6. The van der Waals surface area contributed by atoms with E-state index in [-0.39, 0.29) is 17.1 Å². The van der Waals surface area contributed by atoms with Crippen LogP contribution >= 0.6 is 11.8 Å². The molecule has 0 aliphatic carbocycles. The molecule has 0 aliphatic heterocycles. The monoisotopic (exact) mass is 345 g/mol. The number of thioether (sulfide) groups is 1. The Bertz CT molecular complexity index is 653. The minimum Gasteiger partial charge on any atom is -0.497 e. The highest BCUT2D eigenvalue weighted by molar-refractivity contribution is 8.00. The van der Waals surface area contributed by atoms with Crippen molar-refractivity contribution in [2.45, 2.75) is 24.0 Å². The van der Waals surface area contributed by atoms with Gasteiger partial charge >= 0.3 is 0 Å². The number of hydrogen-bond acceptors (Lipinski definition) is 4. The number of carbonyl (C=O) groups is 1. The molecule has 0 heterocycles. The Labute approximate surface area is 147 Å². The Morgan fingerprint density at radius 3 is 1.88 bits per heavy atom. The molecule has 1 atom stereocenters. The molecule has 0 spiro atoms. The summed E-state index contributed by atoms with van der Waals surface area (Å²) >= 11 is 1.56. The number of hydrogen-bond donors (Lipinski definition) is 1. The lowest BCUT2D eigenvalue weighted by molar-refractivity contribution is -0.116. The van der Waals surface area contributed by atoms with Gasteiger partial charge in [-0.15, -0.1) is 11.8 Å². The molecule has 0 aliphatic rings. The molecule has 0 saturated carbocycles. The molecule has 0 radical (unpaired) electrons. The molecular formula is C19H23NO3S. The van der Waals surface area contributed by atoms with Gasteiger partial charge in [0.25, 0.3) is 0 Å². The smallest absolute Gasteiger partial charge is 0.238 e. The lowest BCUT2D eigenvalue weighted by Gasteiger charge is -2.20. The first-order valence-corrected chi connectivity index (χ1v) is 8.67. The molecule has 128 valence electrons. The van der Waals surface area contributed by atoms with E-state index >= 15 is 0 Å². The first-order valence-electron chi connectivity index (χ1n) is 7.79. The highest BCUT2D eigenvalue weighted by Gasteiger charge is 2.23. The number of amides is 1. The summed E-state index contributed by atoms with van der Waals surface area (Å²) in [5.41, 5.74) is 0.766. The van der Waals surface area contributed by atoms with Gasteiger partial charge in [0, 0.05) is 10.6 Å². The third-order valence-corrected chi connectivity index (χ3v) is 5.10. The quantitative estimate of drug-likeness (QED) is 0.753. The Morgan fingerprint density at radius 2 is 1.42 bits per heavy atom. The van der Waals surface area contributed by atoms with Crippen LogP contribution in [0.5, 0.6) is 11.5 Å². The number of carbonyl (C=O) groups excluding carboxylic acids is 1. The Kier molecular flexibility index (Phi) is 6.55. The fourth-order valence-electron chi connectivity index (χ4n) is 2.18. The maximum Gasteiger partial charge on any atom is 0.238 e. The van der Waals surface area contributed by atoms with Gasteiger partial charge in [-0.1, -0.05) is 13.8 Å². The van der Waals surface area contributed by atoms with Gasteiger partial charge in [0.15, 0.2) is 0 Å². The standard InChI is InChI=1S/C19H23NO3S/c1-13(2)18(24-17-11-9-16(23-4)10-12-17)19(21)20-14-5-7-15(22-3)8-6-14/h5-13,18H,1-4H3,(H,20,21)/t18-/m0/s1. The molecule has 1 N–H and O–H groups in total. The summed E-state index contributed by atoms with van der Waals surface area (Å²) in [4.78, 5) is 13.7. The number of benzene rings is 2. The number of methoxy groups -OCH3 is 2. The predicted molar refractivity (Wildman–Crippen MR) is 99.1 cm³/mol. The Balaban J connectivity index is 2.06. The molecule has 2 rings (SSSR count). The molecule has 0 saturated heterocycles. The molecule has 2 aromatic rings. The largest absolute Gasteiger partial charge is 0.497 e. The second kappa shape index (κ2) is 8.64. The average Bonchev–Trinajstić information content (AvgIpc) is 2.60. The van der Waals surface area contributed by atoms with Crippen LogP contribution in [0.15, 0.2) is 53.4 Å². The van der Waals surface area contributed by atoms with Crippen LogP contribution in [0.1, 0.15) is 13.8 Å². The topological polar surface area (TPSA) is 47.6 Å². The first-order chi connectivity index (χ1) is 11.5. The minimum atomic E-state index is -0.180. The number of nitrogens with one attached hydrogen (secondary N) is 1. The van der Waals surface area contributed by atoms with Crippen molar-refractivity contribution in [1.82, 2.24) is 0 Å². The summed E-state index contributed by atoms with van der Waals surface area (Å²) in [5, 5.41) is 2.80. The fourth-order valence-corrected chi connectivity index (χ4v) is 3.21. The molecule has 0 unspecified atom stereocenters. The first kappa shape index (κ1) is 18.2. The number of anilines is 1. The van der Waals surface area contributed by atoms with Crippen LogP contribution < -0.4 is 14.8 Å². The van der Waals surface area contributed by atoms with Gasteiger partial charge in [-0.25, -0.2) is 0 Å². The Hall–Kier alpha value is -2.14. The van der Waals surface area contributed by atoms with Crippen LogP contribution in [0.4, 0.5) is 5.69 Å². The van der Waals surface area contributed by atoms with E-state index in [0.29, 0.717) is 0 Å². The van der Waals surface area contributed by atoms with Gasteiger partial charge in [-0.05, 0) is 54.4 Å². The third kappa shape index (κ3) is 4.93. The summed E-state index contributed by atoms with van der Waals surface area (Å²) in [5.74, 6) is 1.77. The van der Waals surface area contributed by atoms with Crippen LogP contribution in [-0.2, 0) is 4.79 Å². The van der Waals surface area contributed by atoms with Gasteiger partial charge in [-0.2, -0.15) is 0 Å². The third-order valence-electron chi connectivity index (χ3n) is 3.54. The Morgan fingerprint density at radius 1 is 0.917 bits per heavy atom. The second-order valence-electron chi connectivity index (χ2n) is 5.68. The molecular weight excluding hydrogens is 322 g/mol. The van der Waals surface area contributed by atoms with E-state index < -0.39 is 0 Å². The van der Waals surface area contributed by atoms with E-state index in [2.05, 4.69) is 19.2 Å². The van der Waals surface area contributed by atoms with Crippen molar-refractivity contribution in [1.29, 1.82) is 0 Å². The van der Waals surface area contributed by atoms with Crippen molar-refractivity contribution in [3.63, 3.8) is 0 Å². The molecule has 5 heteroatoms. The van der Waals surface area contributed by atoms with Crippen molar-refractivity contribution < 1.29 is 14.3 Å². The van der Waals surface area contributed by atoms with E-state index in [1.807, 2.05) is 48.5 Å². The lowest BCUT2D eigenvalue weighted by Crippen LogP contribution is -2.29. The SMILES string of the molecule is COc1ccc(NC(=O)[C@@H](Sc2ccc(OC)cc2)C(C)C)cc1. The van der Waals surface area contributed by atoms with Crippen molar-refractivity contribution in [3.05, 3.63) is 48.5 Å². The van der Waals surface area contributed by atoms with Crippen molar-refractivity contribution >= 4 is 23.4 Å². The molecule has 1 amide bonds. The summed E-state index contributed by atoms with van der Waals surface area (Å²) in [6.07, 6.45) is 0. The normalized spacial score (nSPS) is 11.9. The fraction of sp³-hybridized carbons (Fsp3) is 0.316. The predicted octanol–water partition coefficient (Wildman–Crippen LogP) is 4.46. The van der Waals surface area contributed by atoms with Gasteiger partial charge in [0.1, 0.15) is 11.5 Å². The van der Waals surface area contributed by atoms with Crippen LogP contribution in [0.2, 0.25) is 0 Å². The van der Waals surface area contributed by atoms with Crippen LogP contribution in [0, 0.1) is 5.92 Å². The molecule has 0 bridgehead atoms. The summed E-state index contributed by atoms with van der Waals surface area (Å²) < 4.78 is 10.3. The van der Waals surface area contributed by atoms with E-state index in [9.17, 15) is 4.79 Å². The molecule has 2 aromatic carbocycles. The van der Waals surface area contributed by atoms with Crippen LogP contribution in [0.25, 0.3) is 0 Å². The molecule has 4 nitrogen and oxygen atoms in total. The van der Waals surface area contributed by atoms with Gasteiger partial charge in [0.05, 0.1) is 19.5 Å². The zero-order valence-electron chi connectivity index (χ0n) is 14.4. The summed E-state index contributed by atoms with van der Waals surface area (Å²) in [6, 6.07) is 15.1. The second-order valence-corrected chi connectivity index (χ2v) is 6.89. The van der Waals surface area contributed by atoms with E-state index in [4.69, 9.17) is 9.47 Å². The van der Waals surface area contributed by atoms with Crippen LogP contribution in [0.3, 0.4) is 0 Å². The lowest BCUT2D eigenvalue weighted by atomic mass is 10.1. The number of ether oxygens (including phenoxy) is 2. The van der Waals surface area contributed by atoms with E-state index in [0.717, 1.165) is 22.1 Å². The molecule has 0 aromatic heterocycles. The van der Waals surface area contributed by atoms with Crippen LogP contribution in [-0.4, -0.2) is 25.4 Å². The summed E-state index contributed by atoms with van der Waals surface area (Å²) in [7, 11) is 3.26. The van der Waals surface area contributed by atoms with E-state index in [1.54, 1.807) is 26.0 Å². The minimum absolute atomic E-state index is 0.00372. The highest BCUT2D eigenvalue weighted by Crippen LogP contribution is 2.30. The zero-order valence-corrected chi connectivity index (χ0v) is 15.2. The zero-order chi connectivity index (χ0) is 17.5. The van der Waals surface area contributed by atoms with Crippen molar-refractivity contribution in [2.24, 2.45) is 5.92 Å². The average molecular weight is 345 g/mol. The van der Waals surface area contributed by atoms with E-state index in [1.165, 1.54) is 0 Å². The highest BCUT2D eigenvalue weighted by atomic mass is 32.2. The van der Waals surface area contributed by atoms with Gasteiger partial charge in [0.2, 0.25) is 5.91 Å². The van der Waals surface area contributed by atoms with Crippen molar-refractivity contribution in [2.75, 3.05) is 19.5 Å². The maximum atomic E-state index is 12.6. The molecule has 0 fully saturated rings. The van der Waals surface area contributed by atoms with Gasteiger partial charge < -0.3 is 14.8 Å². The van der Waals surface area contributed by atoms with Crippen molar-refractivity contribution in [3.8, 4) is 11.5 Å². The number of rotatable bonds is 7.